The van der Waals surface area contributed by atoms with Crippen molar-refractivity contribution in [1.82, 2.24) is 24.4 Å². The van der Waals surface area contributed by atoms with Crippen LogP contribution in [-0.2, 0) is 9.53 Å². The third-order valence-electron chi connectivity index (χ3n) is 6.71. The number of nitrogens with two attached hydrogens (primary N) is 1. The third kappa shape index (κ3) is 7.31. The molecule has 0 radical (unpaired) electrons. The van der Waals surface area contributed by atoms with Gasteiger partial charge in [0.05, 0.1) is 18.8 Å². The first-order valence-electron chi connectivity index (χ1n) is 14.7. The van der Waals surface area contributed by atoms with Crippen molar-refractivity contribution in [2.45, 2.75) is 47.1 Å². The van der Waals surface area contributed by atoms with E-state index >= 15 is 0 Å². The zero-order chi connectivity index (χ0) is 32.8. The van der Waals surface area contributed by atoms with E-state index in [0.717, 1.165) is 0 Å². The topological polar surface area (TPSA) is 168 Å². The molecule has 0 aliphatic carbocycles. The maximum Gasteiger partial charge on any atom is 0.329 e. The molecule has 2 heterocycles. The number of aryl methyl sites for hydroxylation is 1. The highest BCUT2D eigenvalue weighted by atomic mass is 16.5. The van der Waals surface area contributed by atoms with Gasteiger partial charge in [-0.1, -0.05) is 26.0 Å². The zero-order valence-electron chi connectivity index (χ0n) is 26.6. The number of nitrogen functional groups attached to an aromatic ring is 1. The SMILES string of the molecule is CCOC(=O)C(CC(C)C)n1c(C)nc2c(Oc3ccccc3C(=O)N(C)C)nc(Oc3cc(C(=N)N)ccc3OCC)nc21. The lowest BCUT2D eigenvalue weighted by atomic mass is 10.0. The molecule has 0 spiro atoms. The Morgan fingerprint density at radius 3 is 2.36 bits per heavy atom. The van der Waals surface area contributed by atoms with Gasteiger partial charge in [-0.05, 0) is 63.4 Å². The first-order chi connectivity index (χ1) is 21.4. The molecule has 3 N–H and O–H groups in total. The highest BCUT2D eigenvalue weighted by Crippen LogP contribution is 2.37. The largest absolute Gasteiger partial charge is 0.490 e. The van der Waals surface area contributed by atoms with Crippen molar-refractivity contribution in [2.24, 2.45) is 11.7 Å². The fourth-order valence-electron chi connectivity index (χ4n) is 4.73. The molecule has 0 bridgehead atoms. The second kappa shape index (κ2) is 14.1. The Hall–Kier alpha value is -5.20. The number of hydrogen-bond acceptors (Lipinski definition) is 10. The number of ether oxygens (including phenoxy) is 4. The van der Waals surface area contributed by atoms with E-state index in [0.29, 0.717) is 35.7 Å². The molecule has 0 aliphatic heterocycles. The minimum atomic E-state index is -0.742. The molecule has 0 saturated carbocycles. The Labute approximate surface area is 261 Å². The number of amides is 1. The smallest absolute Gasteiger partial charge is 0.329 e. The van der Waals surface area contributed by atoms with Crippen LogP contribution in [0.3, 0.4) is 0 Å². The van der Waals surface area contributed by atoms with Crippen molar-refractivity contribution in [3.8, 4) is 29.1 Å². The number of amidine groups is 1. The van der Waals surface area contributed by atoms with Gasteiger partial charge in [0.25, 0.3) is 11.8 Å². The van der Waals surface area contributed by atoms with Crippen molar-refractivity contribution < 1.29 is 28.5 Å². The van der Waals surface area contributed by atoms with E-state index in [2.05, 4.69) is 9.97 Å². The molecule has 13 nitrogen and oxygen atoms in total. The molecule has 0 fully saturated rings. The maximum atomic E-state index is 13.3. The van der Waals surface area contributed by atoms with E-state index in [1.165, 1.54) is 4.90 Å². The molecular formula is C32H39N7O6. The lowest BCUT2D eigenvalue weighted by Crippen LogP contribution is -2.25. The van der Waals surface area contributed by atoms with E-state index in [9.17, 15) is 9.59 Å². The van der Waals surface area contributed by atoms with Crippen LogP contribution in [0.25, 0.3) is 11.2 Å². The molecule has 0 aliphatic rings. The number of esters is 1. The Balaban J connectivity index is 1.96. The highest BCUT2D eigenvalue weighted by Gasteiger charge is 2.30. The molecule has 13 heteroatoms. The van der Waals surface area contributed by atoms with Crippen LogP contribution in [0.1, 0.15) is 61.9 Å². The summed E-state index contributed by atoms with van der Waals surface area (Å²) in [5.41, 5.74) is 6.98. The number of imidazole rings is 1. The molecule has 4 rings (SSSR count). The molecule has 2 aromatic carbocycles. The predicted octanol–water partition coefficient (Wildman–Crippen LogP) is 5.25. The van der Waals surface area contributed by atoms with Crippen LogP contribution >= 0.6 is 0 Å². The summed E-state index contributed by atoms with van der Waals surface area (Å²) < 4.78 is 25.4. The molecule has 238 valence electrons. The normalized spacial score (nSPS) is 11.7. The van der Waals surface area contributed by atoms with Gasteiger partial charge in [-0.3, -0.25) is 14.8 Å². The van der Waals surface area contributed by atoms with Gasteiger partial charge in [-0.25, -0.2) is 9.78 Å². The van der Waals surface area contributed by atoms with Crippen LogP contribution in [0, 0.1) is 18.3 Å². The number of carbonyl (C=O) groups is 2. The van der Waals surface area contributed by atoms with E-state index in [1.807, 2.05) is 20.8 Å². The van der Waals surface area contributed by atoms with Crippen LogP contribution in [0.5, 0.6) is 29.1 Å². The van der Waals surface area contributed by atoms with E-state index < -0.39 is 12.0 Å². The Kier molecular flexibility index (Phi) is 10.2. The average Bonchev–Trinajstić information content (AvgIpc) is 3.32. The summed E-state index contributed by atoms with van der Waals surface area (Å²) >= 11 is 0. The number of benzene rings is 2. The molecule has 45 heavy (non-hydrogen) atoms. The molecule has 1 amide bonds. The standard InChI is InChI=1S/C32H39N7O6/c1-8-42-24-15-14-20(27(33)34)17-25(24)45-32-36-28-26(35-19(5)39(28)22(16-18(3)4)31(41)43-9-2)29(37-32)44-23-13-11-10-12-21(23)30(40)38(6)7/h10-15,17-18,22H,8-9,16H2,1-7H3,(H3,33,34). The second-order valence-corrected chi connectivity index (χ2v) is 10.8. The number of para-hydroxylation sites is 1. The number of nitrogens with one attached hydrogen (secondary N) is 1. The lowest BCUT2D eigenvalue weighted by molar-refractivity contribution is -0.147. The number of carbonyl (C=O) groups excluding carboxylic acids is 2. The summed E-state index contributed by atoms with van der Waals surface area (Å²) in [7, 11) is 3.29. The predicted molar refractivity (Wildman–Crippen MR) is 168 cm³/mol. The Bertz CT molecular complexity index is 1720. The molecule has 1 unspecified atom stereocenters. The Morgan fingerprint density at radius 1 is 0.978 bits per heavy atom. The summed E-state index contributed by atoms with van der Waals surface area (Å²) in [5, 5.41) is 7.89. The van der Waals surface area contributed by atoms with Gasteiger partial charge in [0.2, 0.25) is 0 Å². The van der Waals surface area contributed by atoms with E-state index in [-0.39, 0.29) is 58.8 Å². The van der Waals surface area contributed by atoms with Gasteiger partial charge >= 0.3 is 12.0 Å². The minimum absolute atomic E-state index is 0.00342. The van der Waals surface area contributed by atoms with Crippen LogP contribution in [0.2, 0.25) is 0 Å². The fraction of sp³-hybridized carbons (Fsp3) is 0.375. The van der Waals surface area contributed by atoms with Gasteiger partial charge in [-0.2, -0.15) is 9.97 Å². The van der Waals surface area contributed by atoms with Crippen molar-refractivity contribution in [2.75, 3.05) is 27.3 Å². The quantitative estimate of drug-likeness (QED) is 0.115. The number of nitrogens with zero attached hydrogens (tertiary/aromatic N) is 5. The molecule has 0 saturated heterocycles. The summed E-state index contributed by atoms with van der Waals surface area (Å²) in [4.78, 5) is 41.6. The van der Waals surface area contributed by atoms with Crippen molar-refractivity contribution >= 4 is 28.9 Å². The van der Waals surface area contributed by atoms with Gasteiger partial charge in [0, 0.05) is 19.7 Å². The van der Waals surface area contributed by atoms with Crippen LogP contribution in [0.15, 0.2) is 42.5 Å². The first kappa shape index (κ1) is 32.7. The third-order valence-corrected chi connectivity index (χ3v) is 6.71. The summed E-state index contributed by atoms with van der Waals surface area (Å²) in [6.07, 6.45) is 0.455. The van der Waals surface area contributed by atoms with Crippen molar-refractivity contribution in [3.63, 3.8) is 0 Å². The van der Waals surface area contributed by atoms with Gasteiger partial charge in [-0.15, -0.1) is 0 Å². The first-order valence-corrected chi connectivity index (χ1v) is 14.7. The molecule has 1 atom stereocenters. The van der Waals surface area contributed by atoms with Crippen LogP contribution < -0.4 is 19.9 Å². The van der Waals surface area contributed by atoms with Gasteiger partial charge in [0.1, 0.15) is 23.5 Å². The molecule has 4 aromatic rings. The number of rotatable bonds is 13. The number of hydrogen-bond donors (Lipinski definition) is 2. The van der Waals surface area contributed by atoms with Gasteiger partial charge in [0.15, 0.2) is 22.7 Å². The molecular weight excluding hydrogens is 578 g/mol. The van der Waals surface area contributed by atoms with Crippen molar-refractivity contribution in [3.05, 3.63) is 59.4 Å². The maximum absolute atomic E-state index is 13.3. The van der Waals surface area contributed by atoms with E-state index in [1.54, 1.807) is 75.0 Å². The lowest BCUT2D eigenvalue weighted by Gasteiger charge is -2.21. The summed E-state index contributed by atoms with van der Waals surface area (Å²) in [6.45, 7) is 9.91. The summed E-state index contributed by atoms with van der Waals surface area (Å²) in [6, 6.07) is 10.7. The average molecular weight is 618 g/mol. The zero-order valence-corrected chi connectivity index (χ0v) is 26.6. The summed E-state index contributed by atoms with van der Waals surface area (Å²) in [5.74, 6) is 0.598. The van der Waals surface area contributed by atoms with Gasteiger partial charge < -0.3 is 29.6 Å². The minimum Gasteiger partial charge on any atom is -0.490 e. The van der Waals surface area contributed by atoms with Crippen molar-refractivity contribution in [1.29, 1.82) is 5.41 Å². The fourth-order valence-corrected chi connectivity index (χ4v) is 4.73. The van der Waals surface area contributed by atoms with Crippen LogP contribution in [0.4, 0.5) is 0 Å². The Morgan fingerprint density at radius 2 is 1.71 bits per heavy atom. The molecule has 2 aromatic heterocycles. The monoisotopic (exact) mass is 617 g/mol. The second-order valence-electron chi connectivity index (χ2n) is 10.8. The van der Waals surface area contributed by atoms with E-state index in [4.69, 9.17) is 35.1 Å². The highest BCUT2D eigenvalue weighted by molar-refractivity contribution is 5.97. The number of fused-ring (bicyclic) bond motifs is 1. The van der Waals surface area contributed by atoms with Crippen LogP contribution in [-0.4, -0.2) is 69.4 Å². The number of aromatic nitrogens is 4.